The number of hydrogen-bond donors (Lipinski definition) is 1. The Labute approximate surface area is 117 Å². The Morgan fingerprint density at radius 3 is 2.53 bits per heavy atom. The molecule has 0 bridgehead atoms. The summed E-state index contributed by atoms with van der Waals surface area (Å²) < 4.78 is 26.6. The van der Waals surface area contributed by atoms with E-state index in [9.17, 15) is 8.42 Å². The van der Waals surface area contributed by atoms with E-state index in [0.717, 1.165) is 24.2 Å². The third-order valence-corrected chi connectivity index (χ3v) is 7.07. The van der Waals surface area contributed by atoms with Crippen LogP contribution in [0.3, 0.4) is 0 Å². The summed E-state index contributed by atoms with van der Waals surface area (Å²) in [5, 5.41) is 12.0. The quantitative estimate of drug-likeness (QED) is 0.915. The molecule has 1 aromatic rings. The molecule has 0 aromatic carbocycles. The van der Waals surface area contributed by atoms with Crippen LogP contribution in [0.15, 0.2) is 16.3 Å². The maximum absolute atomic E-state index is 12.4. The van der Waals surface area contributed by atoms with Crippen molar-refractivity contribution in [2.75, 3.05) is 20.1 Å². The highest BCUT2D eigenvalue weighted by atomic mass is 32.2. The van der Waals surface area contributed by atoms with Crippen LogP contribution in [0.5, 0.6) is 0 Å². The zero-order valence-electron chi connectivity index (χ0n) is 11.0. The van der Waals surface area contributed by atoms with Crippen molar-refractivity contribution in [2.45, 2.75) is 29.5 Å². The van der Waals surface area contributed by atoms with Gasteiger partial charge in [0.25, 0.3) is 10.0 Å². The third-order valence-electron chi connectivity index (χ3n) is 3.72. The first-order valence-corrected chi connectivity index (χ1v) is 8.36. The van der Waals surface area contributed by atoms with Gasteiger partial charge in [-0.2, -0.15) is 9.57 Å². The number of nitriles is 1. The van der Waals surface area contributed by atoms with E-state index >= 15 is 0 Å². The minimum Gasteiger partial charge on any atom is -0.314 e. The van der Waals surface area contributed by atoms with E-state index in [-0.39, 0.29) is 9.75 Å². The highest BCUT2D eigenvalue weighted by molar-refractivity contribution is 7.91. The van der Waals surface area contributed by atoms with Gasteiger partial charge in [-0.25, -0.2) is 8.42 Å². The molecule has 1 fully saturated rings. The van der Waals surface area contributed by atoms with Crippen molar-refractivity contribution < 1.29 is 8.42 Å². The maximum atomic E-state index is 12.4. The predicted octanol–water partition coefficient (Wildman–Crippen LogP) is 1.38. The van der Waals surface area contributed by atoms with Gasteiger partial charge in [-0.15, -0.1) is 11.3 Å². The molecule has 1 aliphatic heterocycles. The van der Waals surface area contributed by atoms with Gasteiger partial charge in [-0.05, 0) is 38.9 Å². The molecule has 0 radical (unpaired) electrons. The van der Waals surface area contributed by atoms with Crippen LogP contribution in [-0.2, 0) is 10.0 Å². The molecule has 0 spiro atoms. The van der Waals surface area contributed by atoms with Gasteiger partial charge in [0.2, 0.25) is 0 Å². The second kappa shape index (κ2) is 5.21. The largest absolute Gasteiger partial charge is 0.314 e. The Balaban J connectivity index is 2.16. The van der Waals surface area contributed by atoms with E-state index in [1.165, 1.54) is 10.4 Å². The van der Waals surface area contributed by atoms with Gasteiger partial charge in [0, 0.05) is 18.6 Å². The van der Waals surface area contributed by atoms with Crippen molar-refractivity contribution in [3.8, 4) is 6.07 Å². The van der Waals surface area contributed by atoms with Crippen molar-refractivity contribution in [2.24, 2.45) is 0 Å². The third kappa shape index (κ3) is 2.82. The molecule has 0 atom stereocenters. The number of thiophene rings is 1. The summed E-state index contributed by atoms with van der Waals surface area (Å²) >= 11 is 1.03. The molecular formula is C12H17N3O2S2. The lowest BCUT2D eigenvalue weighted by Crippen LogP contribution is -2.51. The first-order valence-electron chi connectivity index (χ1n) is 6.10. The van der Waals surface area contributed by atoms with Crippen LogP contribution < -0.4 is 5.32 Å². The van der Waals surface area contributed by atoms with E-state index in [2.05, 4.69) is 12.2 Å². The van der Waals surface area contributed by atoms with Crippen LogP contribution in [0.1, 0.15) is 24.6 Å². The SMILES string of the molecule is CNC1(C)CCN(S(=O)(=O)c2ccc(C#N)s2)CC1. The van der Waals surface area contributed by atoms with Crippen molar-refractivity contribution in [1.29, 1.82) is 5.26 Å². The van der Waals surface area contributed by atoms with Crippen molar-refractivity contribution in [3.05, 3.63) is 17.0 Å². The number of piperidine rings is 1. The summed E-state index contributed by atoms with van der Waals surface area (Å²) in [7, 11) is -1.53. The molecule has 7 heteroatoms. The molecule has 1 aliphatic rings. The summed E-state index contributed by atoms with van der Waals surface area (Å²) in [6.07, 6.45) is 1.58. The van der Waals surface area contributed by atoms with Gasteiger partial charge < -0.3 is 5.32 Å². The van der Waals surface area contributed by atoms with Gasteiger partial charge in [0.15, 0.2) is 0 Å². The summed E-state index contributed by atoms with van der Waals surface area (Å²) in [6.45, 7) is 3.13. The lowest BCUT2D eigenvalue weighted by molar-refractivity contribution is 0.220. The summed E-state index contributed by atoms with van der Waals surface area (Å²) in [5.41, 5.74) is 0.0132. The fourth-order valence-corrected chi connectivity index (χ4v) is 4.82. The highest BCUT2D eigenvalue weighted by Gasteiger charge is 2.35. The fourth-order valence-electron chi connectivity index (χ4n) is 2.12. The smallest absolute Gasteiger partial charge is 0.252 e. The highest BCUT2D eigenvalue weighted by Crippen LogP contribution is 2.29. The molecule has 0 aliphatic carbocycles. The first kappa shape index (κ1) is 14.5. The first-order chi connectivity index (χ1) is 8.91. The van der Waals surface area contributed by atoms with Crippen LogP contribution in [-0.4, -0.2) is 38.4 Å². The number of nitrogens with zero attached hydrogens (tertiary/aromatic N) is 2. The second-order valence-corrected chi connectivity index (χ2v) is 8.19. The van der Waals surface area contributed by atoms with Gasteiger partial charge in [0.05, 0.1) is 0 Å². The molecule has 0 unspecified atom stereocenters. The van der Waals surface area contributed by atoms with Crippen LogP contribution in [0.4, 0.5) is 0 Å². The molecular weight excluding hydrogens is 282 g/mol. The minimum absolute atomic E-state index is 0.0132. The van der Waals surface area contributed by atoms with E-state index in [4.69, 9.17) is 5.26 Å². The monoisotopic (exact) mass is 299 g/mol. The van der Waals surface area contributed by atoms with Crippen LogP contribution in [0.25, 0.3) is 0 Å². The molecule has 19 heavy (non-hydrogen) atoms. The lowest BCUT2D eigenvalue weighted by Gasteiger charge is -2.38. The summed E-state index contributed by atoms with van der Waals surface area (Å²) in [6, 6.07) is 5.04. The minimum atomic E-state index is -3.44. The second-order valence-electron chi connectivity index (χ2n) is 4.95. The Morgan fingerprint density at radius 2 is 2.05 bits per heavy atom. The zero-order chi connectivity index (χ0) is 14.1. The maximum Gasteiger partial charge on any atom is 0.252 e. The van der Waals surface area contributed by atoms with E-state index in [1.807, 2.05) is 13.1 Å². The summed E-state index contributed by atoms with van der Waals surface area (Å²) in [5.74, 6) is 0. The van der Waals surface area contributed by atoms with Crippen LogP contribution in [0, 0.1) is 11.3 Å². The number of hydrogen-bond acceptors (Lipinski definition) is 5. The Hall–Kier alpha value is -0.940. The lowest BCUT2D eigenvalue weighted by atomic mass is 9.91. The van der Waals surface area contributed by atoms with Crippen LogP contribution in [0.2, 0.25) is 0 Å². The molecule has 5 nitrogen and oxygen atoms in total. The van der Waals surface area contributed by atoms with Crippen molar-refractivity contribution in [3.63, 3.8) is 0 Å². The van der Waals surface area contributed by atoms with Crippen molar-refractivity contribution in [1.82, 2.24) is 9.62 Å². The normalized spacial score (nSPS) is 20.1. The predicted molar refractivity (Wildman–Crippen MR) is 74.5 cm³/mol. The van der Waals surface area contributed by atoms with E-state index < -0.39 is 10.0 Å². The molecule has 1 N–H and O–H groups in total. The Kier molecular flexibility index (Phi) is 3.97. The van der Waals surface area contributed by atoms with E-state index in [1.54, 1.807) is 6.07 Å². The molecule has 2 heterocycles. The van der Waals surface area contributed by atoms with Crippen LogP contribution >= 0.6 is 11.3 Å². The fraction of sp³-hybridized carbons (Fsp3) is 0.583. The summed E-state index contributed by atoms with van der Waals surface area (Å²) in [4.78, 5) is 0.427. The van der Waals surface area contributed by atoms with Crippen molar-refractivity contribution >= 4 is 21.4 Å². The Bertz CT molecular complexity index is 593. The van der Waals surface area contributed by atoms with Gasteiger partial charge in [-0.1, -0.05) is 0 Å². The topological polar surface area (TPSA) is 73.2 Å². The zero-order valence-corrected chi connectivity index (χ0v) is 12.6. The number of sulfonamides is 1. The van der Waals surface area contributed by atoms with Gasteiger partial charge >= 0.3 is 0 Å². The van der Waals surface area contributed by atoms with Gasteiger partial charge in [-0.3, -0.25) is 0 Å². The molecule has 0 amide bonds. The number of nitrogens with one attached hydrogen (secondary N) is 1. The van der Waals surface area contributed by atoms with E-state index in [0.29, 0.717) is 18.0 Å². The molecule has 0 saturated carbocycles. The average molecular weight is 299 g/mol. The Morgan fingerprint density at radius 1 is 1.42 bits per heavy atom. The average Bonchev–Trinajstić information content (AvgIpc) is 2.89. The van der Waals surface area contributed by atoms with Gasteiger partial charge in [0.1, 0.15) is 15.2 Å². The standard InChI is InChI=1S/C12H17N3O2S2/c1-12(14-2)5-7-15(8-6-12)19(16,17)11-4-3-10(9-13)18-11/h3-4,14H,5-8H2,1-2H3. The molecule has 1 aromatic heterocycles. The molecule has 2 rings (SSSR count). The number of rotatable bonds is 3. The molecule has 1 saturated heterocycles. The molecule has 104 valence electrons.